The first-order valence-corrected chi connectivity index (χ1v) is 9.32. The normalized spacial score (nSPS) is 12.6. The van der Waals surface area contributed by atoms with Crippen LogP contribution in [0, 0.1) is 12.8 Å². The summed E-state index contributed by atoms with van der Waals surface area (Å²) in [4.78, 5) is 9.98. The number of aliphatic imine (C=N–C) groups is 1. The number of hydrogen-bond donors (Lipinski definition) is 2. The molecule has 6 heteroatoms. The van der Waals surface area contributed by atoms with E-state index in [4.69, 9.17) is 0 Å². The van der Waals surface area contributed by atoms with Crippen LogP contribution in [0.2, 0.25) is 0 Å². The number of nitrogens with one attached hydrogen (secondary N) is 2. The van der Waals surface area contributed by atoms with E-state index in [0.29, 0.717) is 11.8 Å². The summed E-state index contributed by atoms with van der Waals surface area (Å²) >= 11 is 1.76. The molecule has 0 bridgehead atoms. The molecule has 1 aromatic carbocycles. The quantitative estimate of drug-likeness (QED) is 0.361. The zero-order chi connectivity index (χ0) is 17.4. The van der Waals surface area contributed by atoms with E-state index in [-0.39, 0.29) is 24.0 Å². The highest BCUT2D eigenvalue weighted by Gasteiger charge is 2.16. The Morgan fingerprint density at radius 2 is 1.92 bits per heavy atom. The first kappa shape index (κ1) is 21.9. The second-order valence-electron chi connectivity index (χ2n) is 6.26. The fraction of sp³-hybridized carbons (Fsp3) is 0.474. The number of thiazole rings is 1. The topological polar surface area (TPSA) is 49.3 Å². The molecule has 0 saturated heterocycles. The summed E-state index contributed by atoms with van der Waals surface area (Å²) in [5, 5.41) is 8.01. The van der Waals surface area contributed by atoms with Gasteiger partial charge in [0.2, 0.25) is 0 Å². The van der Waals surface area contributed by atoms with E-state index in [0.717, 1.165) is 25.5 Å². The summed E-state index contributed by atoms with van der Waals surface area (Å²) in [7, 11) is 1.82. The van der Waals surface area contributed by atoms with Gasteiger partial charge in [0, 0.05) is 43.5 Å². The van der Waals surface area contributed by atoms with Crippen LogP contribution in [0.4, 0.5) is 0 Å². The van der Waals surface area contributed by atoms with Crippen molar-refractivity contribution in [3.63, 3.8) is 0 Å². The summed E-state index contributed by atoms with van der Waals surface area (Å²) in [6.07, 6.45) is 2.85. The molecule has 2 rings (SSSR count). The Labute approximate surface area is 172 Å². The van der Waals surface area contributed by atoms with Gasteiger partial charge in [-0.3, -0.25) is 4.99 Å². The van der Waals surface area contributed by atoms with E-state index in [9.17, 15) is 0 Å². The lowest BCUT2D eigenvalue weighted by molar-refractivity contribution is 0.488. The molecule has 1 unspecified atom stereocenters. The van der Waals surface area contributed by atoms with Gasteiger partial charge < -0.3 is 10.6 Å². The van der Waals surface area contributed by atoms with Crippen LogP contribution in [0.25, 0.3) is 0 Å². The van der Waals surface area contributed by atoms with Crippen molar-refractivity contribution in [1.82, 2.24) is 15.6 Å². The fourth-order valence-corrected chi connectivity index (χ4v) is 3.46. The Morgan fingerprint density at radius 1 is 1.20 bits per heavy atom. The molecule has 0 aliphatic heterocycles. The lowest BCUT2D eigenvalue weighted by Gasteiger charge is -2.23. The average molecular weight is 472 g/mol. The Bertz CT molecular complexity index is 640. The molecule has 0 aliphatic carbocycles. The van der Waals surface area contributed by atoms with Gasteiger partial charge in [0.25, 0.3) is 0 Å². The zero-order valence-corrected chi connectivity index (χ0v) is 18.6. The highest BCUT2D eigenvalue weighted by atomic mass is 127. The third-order valence-electron chi connectivity index (χ3n) is 4.05. The van der Waals surface area contributed by atoms with Gasteiger partial charge in [-0.2, -0.15) is 0 Å². The number of aromatic nitrogens is 1. The van der Waals surface area contributed by atoms with E-state index < -0.39 is 0 Å². The Balaban J connectivity index is 0.00000312. The number of guanidine groups is 1. The molecule has 0 aliphatic rings. The Morgan fingerprint density at radius 3 is 2.48 bits per heavy atom. The predicted octanol–water partition coefficient (Wildman–Crippen LogP) is 4.22. The van der Waals surface area contributed by atoms with Crippen molar-refractivity contribution in [2.24, 2.45) is 10.9 Å². The van der Waals surface area contributed by atoms with Crippen LogP contribution in [0.5, 0.6) is 0 Å². The number of hydrogen-bond acceptors (Lipinski definition) is 3. The van der Waals surface area contributed by atoms with Crippen LogP contribution in [0.15, 0.2) is 41.5 Å². The highest BCUT2D eigenvalue weighted by molar-refractivity contribution is 14.0. The molecule has 0 saturated carbocycles. The highest BCUT2D eigenvalue weighted by Crippen LogP contribution is 2.23. The van der Waals surface area contributed by atoms with Crippen molar-refractivity contribution in [1.29, 1.82) is 0 Å². The van der Waals surface area contributed by atoms with Crippen molar-refractivity contribution in [3.8, 4) is 0 Å². The molecule has 1 atom stereocenters. The lowest BCUT2D eigenvalue weighted by atomic mass is 9.88. The molecule has 1 aromatic heterocycles. The molecule has 0 radical (unpaired) electrons. The maximum absolute atomic E-state index is 4.39. The zero-order valence-electron chi connectivity index (χ0n) is 15.5. The standard InChI is InChI=1S/C19H28N4S.HI/c1-14(2)17(16-8-6-5-7-9-16)13-23-19(20-4)21-11-10-18-22-12-15(3)24-18;/h5-9,12,14,17H,10-11,13H2,1-4H3,(H2,20,21,23);1H. The molecular formula is C19H29IN4S. The minimum atomic E-state index is 0. The smallest absolute Gasteiger partial charge is 0.191 e. The summed E-state index contributed by atoms with van der Waals surface area (Å²) in [6.45, 7) is 8.33. The van der Waals surface area contributed by atoms with Crippen molar-refractivity contribution in [2.45, 2.75) is 33.1 Å². The predicted molar refractivity (Wildman–Crippen MR) is 119 cm³/mol. The molecule has 0 fully saturated rings. The molecule has 2 aromatic rings. The van der Waals surface area contributed by atoms with Crippen molar-refractivity contribution in [3.05, 3.63) is 52.0 Å². The summed E-state index contributed by atoms with van der Waals surface area (Å²) in [5.74, 6) is 1.88. The van der Waals surface area contributed by atoms with Gasteiger partial charge in [0.1, 0.15) is 0 Å². The van der Waals surface area contributed by atoms with Crippen LogP contribution in [-0.4, -0.2) is 31.1 Å². The number of halogens is 1. The SMILES string of the molecule is CN=C(NCCc1ncc(C)s1)NCC(c1ccccc1)C(C)C.I. The first-order chi connectivity index (χ1) is 11.6. The van der Waals surface area contributed by atoms with Crippen LogP contribution in [-0.2, 0) is 6.42 Å². The Hall–Kier alpha value is -1.15. The first-order valence-electron chi connectivity index (χ1n) is 8.51. The summed E-state index contributed by atoms with van der Waals surface area (Å²) in [6, 6.07) is 10.7. The van der Waals surface area contributed by atoms with E-state index in [2.05, 4.69) is 71.7 Å². The van der Waals surface area contributed by atoms with E-state index in [1.807, 2.05) is 13.2 Å². The molecule has 25 heavy (non-hydrogen) atoms. The van der Waals surface area contributed by atoms with Crippen molar-refractivity contribution >= 4 is 41.3 Å². The molecule has 0 spiro atoms. The second kappa shape index (κ2) is 11.5. The number of benzene rings is 1. The van der Waals surface area contributed by atoms with Crippen LogP contribution < -0.4 is 10.6 Å². The largest absolute Gasteiger partial charge is 0.356 e. The molecule has 2 N–H and O–H groups in total. The third-order valence-corrected chi connectivity index (χ3v) is 5.02. The maximum Gasteiger partial charge on any atom is 0.191 e. The summed E-state index contributed by atoms with van der Waals surface area (Å²) < 4.78 is 0. The van der Waals surface area contributed by atoms with Crippen LogP contribution in [0.1, 0.15) is 35.2 Å². The Kier molecular flexibility index (Phi) is 10.0. The van der Waals surface area contributed by atoms with Crippen molar-refractivity contribution < 1.29 is 0 Å². The van der Waals surface area contributed by atoms with E-state index in [1.54, 1.807) is 11.3 Å². The number of aryl methyl sites for hydroxylation is 1. The van der Waals surface area contributed by atoms with E-state index >= 15 is 0 Å². The number of nitrogens with zero attached hydrogens (tertiary/aromatic N) is 2. The van der Waals surface area contributed by atoms with Crippen LogP contribution in [0.3, 0.4) is 0 Å². The number of rotatable bonds is 7. The van der Waals surface area contributed by atoms with Crippen LogP contribution >= 0.6 is 35.3 Å². The monoisotopic (exact) mass is 472 g/mol. The van der Waals surface area contributed by atoms with Gasteiger partial charge in [0.15, 0.2) is 5.96 Å². The summed E-state index contributed by atoms with van der Waals surface area (Å²) in [5.41, 5.74) is 1.37. The van der Waals surface area contributed by atoms with Gasteiger partial charge in [0.05, 0.1) is 5.01 Å². The minimum absolute atomic E-state index is 0. The molecule has 138 valence electrons. The van der Waals surface area contributed by atoms with Gasteiger partial charge in [-0.25, -0.2) is 4.98 Å². The maximum atomic E-state index is 4.39. The molecular weight excluding hydrogens is 443 g/mol. The van der Waals surface area contributed by atoms with Gasteiger partial charge in [-0.1, -0.05) is 44.2 Å². The average Bonchev–Trinajstić information content (AvgIpc) is 2.99. The third kappa shape index (κ3) is 7.32. The lowest BCUT2D eigenvalue weighted by Crippen LogP contribution is -2.40. The fourth-order valence-electron chi connectivity index (χ4n) is 2.67. The molecule has 1 heterocycles. The minimum Gasteiger partial charge on any atom is -0.356 e. The molecule has 0 amide bonds. The van der Waals surface area contributed by atoms with Crippen molar-refractivity contribution in [2.75, 3.05) is 20.1 Å². The second-order valence-corrected chi connectivity index (χ2v) is 7.58. The van der Waals surface area contributed by atoms with Gasteiger partial charge in [-0.15, -0.1) is 35.3 Å². The molecule has 4 nitrogen and oxygen atoms in total. The van der Waals surface area contributed by atoms with Gasteiger partial charge in [-0.05, 0) is 18.4 Å². The van der Waals surface area contributed by atoms with E-state index in [1.165, 1.54) is 15.4 Å². The van der Waals surface area contributed by atoms with Gasteiger partial charge >= 0.3 is 0 Å².